The molecule has 2 heterocycles. The summed E-state index contributed by atoms with van der Waals surface area (Å²) in [4.78, 5) is 18.1. The van der Waals surface area contributed by atoms with E-state index in [1.165, 1.54) is 0 Å². The Balaban J connectivity index is 2.06. The summed E-state index contributed by atoms with van der Waals surface area (Å²) in [6, 6.07) is 3.80. The standard InChI is InChI=1S/C14H21N3O2/c1-10(18)13-6-5-12(8-16-13)17-7-3-4-11(9-17)14(19)15-2/h5-6,8,10-11,18H,3-4,7,9H2,1-2H3,(H,15,19)/t10-,11?/m1/s1. The summed E-state index contributed by atoms with van der Waals surface area (Å²) in [7, 11) is 1.68. The van der Waals surface area contributed by atoms with Gasteiger partial charge in [-0.3, -0.25) is 9.78 Å². The summed E-state index contributed by atoms with van der Waals surface area (Å²) in [6.45, 7) is 3.38. The molecule has 2 atom stereocenters. The van der Waals surface area contributed by atoms with Crippen LogP contribution in [0.4, 0.5) is 5.69 Å². The maximum atomic E-state index is 11.7. The molecule has 1 aromatic heterocycles. The van der Waals surface area contributed by atoms with Gasteiger partial charge in [0.05, 0.1) is 29.6 Å². The highest BCUT2D eigenvalue weighted by atomic mass is 16.3. The Morgan fingerprint density at radius 1 is 1.58 bits per heavy atom. The molecule has 5 nitrogen and oxygen atoms in total. The Morgan fingerprint density at radius 2 is 2.37 bits per heavy atom. The smallest absolute Gasteiger partial charge is 0.224 e. The van der Waals surface area contributed by atoms with Crippen molar-refractivity contribution in [3.63, 3.8) is 0 Å². The highest BCUT2D eigenvalue weighted by Crippen LogP contribution is 2.23. The molecule has 2 rings (SSSR count). The van der Waals surface area contributed by atoms with Crippen LogP contribution < -0.4 is 10.2 Å². The third-order valence-electron chi connectivity index (χ3n) is 3.60. The highest BCUT2D eigenvalue weighted by molar-refractivity contribution is 5.79. The van der Waals surface area contributed by atoms with Crippen LogP contribution in [0.5, 0.6) is 0 Å². The van der Waals surface area contributed by atoms with E-state index in [-0.39, 0.29) is 11.8 Å². The van der Waals surface area contributed by atoms with Gasteiger partial charge in [-0.05, 0) is 31.9 Å². The number of rotatable bonds is 3. The fourth-order valence-electron chi connectivity index (χ4n) is 2.46. The molecule has 1 fully saturated rings. The minimum absolute atomic E-state index is 0.0511. The number of piperidine rings is 1. The number of pyridine rings is 1. The molecule has 1 aliphatic rings. The molecule has 1 aliphatic heterocycles. The van der Waals surface area contributed by atoms with E-state index in [9.17, 15) is 9.90 Å². The van der Waals surface area contributed by atoms with Gasteiger partial charge in [0.2, 0.25) is 5.91 Å². The Bertz CT molecular complexity index is 431. The van der Waals surface area contributed by atoms with E-state index >= 15 is 0 Å². The summed E-state index contributed by atoms with van der Waals surface area (Å²) in [5, 5.41) is 12.2. The van der Waals surface area contributed by atoms with Crippen LogP contribution in [-0.4, -0.2) is 36.1 Å². The molecule has 1 amide bonds. The van der Waals surface area contributed by atoms with E-state index in [0.29, 0.717) is 5.69 Å². The van der Waals surface area contributed by atoms with Gasteiger partial charge in [0.1, 0.15) is 0 Å². The Hall–Kier alpha value is -1.62. The number of aliphatic hydroxyl groups is 1. The van der Waals surface area contributed by atoms with E-state index in [4.69, 9.17) is 0 Å². The van der Waals surface area contributed by atoms with E-state index < -0.39 is 6.10 Å². The van der Waals surface area contributed by atoms with Gasteiger partial charge in [-0.1, -0.05) is 0 Å². The van der Waals surface area contributed by atoms with Crippen LogP contribution in [0.1, 0.15) is 31.6 Å². The number of amides is 1. The largest absolute Gasteiger partial charge is 0.387 e. The Kier molecular flexibility index (Phi) is 4.37. The number of carbonyl (C=O) groups excluding carboxylic acids is 1. The van der Waals surface area contributed by atoms with Crippen molar-refractivity contribution in [2.75, 3.05) is 25.0 Å². The summed E-state index contributed by atoms with van der Waals surface area (Å²) in [6.07, 6.45) is 3.17. The van der Waals surface area contributed by atoms with Gasteiger partial charge in [0.15, 0.2) is 0 Å². The number of carbonyl (C=O) groups is 1. The van der Waals surface area contributed by atoms with Crippen LogP contribution in [0, 0.1) is 5.92 Å². The summed E-state index contributed by atoms with van der Waals surface area (Å²) >= 11 is 0. The van der Waals surface area contributed by atoms with Crippen LogP contribution in [0.25, 0.3) is 0 Å². The van der Waals surface area contributed by atoms with Crippen molar-refractivity contribution >= 4 is 11.6 Å². The minimum Gasteiger partial charge on any atom is -0.387 e. The number of nitrogens with one attached hydrogen (secondary N) is 1. The molecular weight excluding hydrogens is 242 g/mol. The lowest BCUT2D eigenvalue weighted by atomic mass is 9.97. The first-order chi connectivity index (χ1) is 9.11. The molecule has 19 heavy (non-hydrogen) atoms. The molecule has 1 saturated heterocycles. The average Bonchev–Trinajstić information content (AvgIpc) is 2.46. The molecule has 1 aromatic rings. The molecule has 0 saturated carbocycles. The van der Waals surface area contributed by atoms with E-state index in [1.54, 1.807) is 20.2 Å². The Morgan fingerprint density at radius 3 is 2.95 bits per heavy atom. The Labute approximate surface area is 113 Å². The van der Waals surface area contributed by atoms with Gasteiger partial charge in [0, 0.05) is 20.1 Å². The third-order valence-corrected chi connectivity index (χ3v) is 3.60. The molecule has 0 spiro atoms. The average molecular weight is 263 g/mol. The predicted molar refractivity (Wildman–Crippen MR) is 73.9 cm³/mol. The number of hydrogen-bond donors (Lipinski definition) is 2. The third kappa shape index (κ3) is 3.23. The molecule has 2 N–H and O–H groups in total. The first-order valence-electron chi connectivity index (χ1n) is 6.72. The van der Waals surface area contributed by atoms with Crippen LogP contribution in [-0.2, 0) is 4.79 Å². The van der Waals surface area contributed by atoms with E-state index in [2.05, 4.69) is 15.2 Å². The zero-order chi connectivity index (χ0) is 13.8. The first kappa shape index (κ1) is 13.8. The number of aromatic nitrogens is 1. The molecule has 5 heteroatoms. The van der Waals surface area contributed by atoms with Gasteiger partial charge in [-0.25, -0.2) is 0 Å². The lowest BCUT2D eigenvalue weighted by molar-refractivity contribution is -0.124. The van der Waals surface area contributed by atoms with Crippen LogP contribution in [0.2, 0.25) is 0 Å². The molecular formula is C14H21N3O2. The topological polar surface area (TPSA) is 65.5 Å². The van der Waals surface area contributed by atoms with Gasteiger partial charge < -0.3 is 15.3 Å². The molecule has 0 radical (unpaired) electrons. The van der Waals surface area contributed by atoms with Crippen molar-refractivity contribution in [1.82, 2.24) is 10.3 Å². The van der Waals surface area contributed by atoms with Crippen LogP contribution >= 0.6 is 0 Å². The lowest BCUT2D eigenvalue weighted by Crippen LogP contribution is -2.42. The molecule has 0 aliphatic carbocycles. The van der Waals surface area contributed by atoms with Crippen LogP contribution in [0.15, 0.2) is 18.3 Å². The van der Waals surface area contributed by atoms with Gasteiger partial charge in [-0.2, -0.15) is 0 Å². The quantitative estimate of drug-likeness (QED) is 0.857. The zero-order valence-electron chi connectivity index (χ0n) is 11.5. The molecule has 0 bridgehead atoms. The number of aliphatic hydroxyl groups excluding tert-OH is 1. The van der Waals surface area contributed by atoms with Gasteiger partial charge >= 0.3 is 0 Å². The van der Waals surface area contributed by atoms with E-state index in [1.807, 2.05) is 12.1 Å². The van der Waals surface area contributed by atoms with E-state index in [0.717, 1.165) is 31.6 Å². The van der Waals surface area contributed by atoms with Crippen molar-refractivity contribution in [2.24, 2.45) is 5.92 Å². The maximum absolute atomic E-state index is 11.7. The summed E-state index contributed by atoms with van der Waals surface area (Å²) < 4.78 is 0. The summed E-state index contributed by atoms with van der Waals surface area (Å²) in [5.41, 5.74) is 1.68. The zero-order valence-corrected chi connectivity index (χ0v) is 11.5. The second-order valence-electron chi connectivity index (χ2n) is 5.02. The second kappa shape index (κ2) is 6.02. The fraction of sp³-hybridized carbons (Fsp3) is 0.571. The van der Waals surface area contributed by atoms with Crippen molar-refractivity contribution in [3.8, 4) is 0 Å². The first-order valence-corrected chi connectivity index (χ1v) is 6.72. The molecule has 0 aromatic carbocycles. The van der Waals surface area contributed by atoms with Crippen molar-refractivity contribution in [1.29, 1.82) is 0 Å². The van der Waals surface area contributed by atoms with Crippen LogP contribution in [0.3, 0.4) is 0 Å². The monoisotopic (exact) mass is 263 g/mol. The summed E-state index contributed by atoms with van der Waals surface area (Å²) in [5.74, 6) is 0.161. The second-order valence-corrected chi connectivity index (χ2v) is 5.02. The predicted octanol–water partition coefficient (Wildman–Crippen LogP) is 1.10. The normalized spacial score (nSPS) is 21.0. The van der Waals surface area contributed by atoms with Crippen molar-refractivity contribution in [3.05, 3.63) is 24.0 Å². The fourth-order valence-corrected chi connectivity index (χ4v) is 2.46. The van der Waals surface area contributed by atoms with Crippen molar-refractivity contribution in [2.45, 2.75) is 25.9 Å². The minimum atomic E-state index is -0.547. The number of nitrogens with zero attached hydrogens (tertiary/aromatic N) is 2. The SMILES string of the molecule is CNC(=O)C1CCCN(c2ccc([C@@H](C)O)nc2)C1. The number of hydrogen-bond acceptors (Lipinski definition) is 4. The maximum Gasteiger partial charge on any atom is 0.224 e. The molecule has 104 valence electrons. The lowest BCUT2D eigenvalue weighted by Gasteiger charge is -2.33. The van der Waals surface area contributed by atoms with Crippen molar-refractivity contribution < 1.29 is 9.90 Å². The number of anilines is 1. The molecule has 1 unspecified atom stereocenters. The van der Waals surface area contributed by atoms with Gasteiger partial charge in [0.25, 0.3) is 0 Å². The highest BCUT2D eigenvalue weighted by Gasteiger charge is 2.25. The van der Waals surface area contributed by atoms with Gasteiger partial charge in [-0.15, -0.1) is 0 Å².